The molecule has 0 fully saturated rings. The van der Waals surface area contributed by atoms with Gasteiger partial charge in [-0.15, -0.1) is 0 Å². The van der Waals surface area contributed by atoms with E-state index >= 15 is 0 Å². The summed E-state index contributed by atoms with van der Waals surface area (Å²) in [5.41, 5.74) is 2.73. The van der Waals surface area contributed by atoms with Gasteiger partial charge in [-0.05, 0) is 31.0 Å². The molecule has 0 aliphatic rings. The zero-order valence-corrected chi connectivity index (χ0v) is 10.8. The van der Waals surface area contributed by atoms with Crippen molar-refractivity contribution in [2.24, 2.45) is 0 Å². The first-order valence-electron chi connectivity index (χ1n) is 6.14. The molecule has 1 heterocycles. The van der Waals surface area contributed by atoms with Crippen molar-refractivity contribution in [3.8, 4) is 0 Å². The average molecular weight is 256 g/mol. The van der Waals surface area contributed by atoms with E-state index in [4.69, 9.17) is 5.11 Å². The highest BCUT2D eigenvalue weighted by Gasteiger charge is 2.03. The van der Waals surface area contributed by atoms with Gasteiger partial charge in [-0.1, -0.05) is 29.8 Å². The number of hydrogen-bond donors (Lipinski definition) is 2. The Bertz CT molecular complexity index is 582. The molecule has 1 aromatic heterocycles. The summed E-state index contributed by atoms with van der Waals surface area (Å²) in [6.07, 6.45) is 2.37. The Balaban J connectivity index is 1.92. The summed E-state index contributed by atoms with van der Waals surface area (Å²) < 4.78 is 0. The van der Waals surface area contributed by atoms with Crippen molar-refractivity contribution in [3.05, 3.63) is 59.3 Å². The highest BCUT2D eigenvalue weighted by atomic mass is 16.4. The highest BCUT2D eigenvalue weighted by Crippen LogP contribution is 2.08. The Kier molecular flexibility index (Phi) is 4.13. The molecule has 0 saturated heterocycles. The second-order valence-corrected chi connectivity index (χ2v) is 4.40. The minimum atomic E-state index is -0.941. The van der Waals surface area contributed by atoms with Crippen LogP contribution >= 0.6 is 0 Å². The van der Waals surface area contributed by atoms with Crippen LogP contribution in [0.4, 0.5) is 5.82 Å². The van der Waals surface area contributed by atoms with Crippen LogP contribution in [-0.4, -0.2) is 22.6 Å². The topological polar surface area (TPSA) is 62.2 Å². The largest absolute Gasteiger partial charge is 0.478 e. The summed E-state index contributed by atoms with van der Waals surface area (Å²) in [7, 11) is 0. The van der Waals surface area contributed by atoms with Gasteiger partial charge in [0, 0.05) is 12.7 Å². The van der Waals surface area contributed by atoms with Crippen molar-refractivity contribution in [2.45, 2.75) is 13.3 Å². The van der Waals surface area contributed by atoms with E-state index in [1.54, 1.807) is 6.07 Å². The maximum absolute atomic E-state index is 10.8. The van der Waals surface area contributed by atoms with E-state index in [1.807, 2.05) is 6.07 Å². The number of aromatic carboxylic acids is 1. The van der Waals surface area contributed by atoms with Gasteiger partial charge in [-0.25, -0.2) is 9.78 Å². The number of rotatable bonds is 5. The number of aryl methyl sites for hydroxylation is 1. The van der Waals surface area contributed by atoms with Crippen LogP contribution in [0, 0.1) is 6.92 Å². The summed E-state index contributed by atoms with van der Waals surface area (Å²) in [6.45, 7) is 2.79. The van der Waals surface area contributed by atoms with E-state index in [1.165, 1.54) is 23.4 Å². The van der Waals surface area contributed by atoms with Gasteiger partial charge in [0.2, 0.25) is 0 Å². The second kappa shape index (κ2) is 6.00. The number of nitrogens with zero attached hydrogens (tertiary/aromatic N) is 1. The van der Waals surface area contributed by atoms with E-state index in [0.29, 0.717) is 5.82 Å². The predicted octanol–water partition coefficient (Wildman–Crippen LogP) is 2.74. The number of pyridine rings is 1. The first-order chi connectivity index (χ1) is 9.15. The summed E-state index contributed by atoms with van der Waals surface area (Å²) >= 11 is 0. The fourth-order valence-corrected chi connectivity index (χ4v) is 1.86. The van der Waals surface area contributed by atoms with Crippen LogP contribution in [0.25, 0.3) is 0 Å². The number of anilines is 1. The lowest BCUT2D eigenvalue weighted by molar-refractivity contribution is 0.0697. The fourth-order valence-electron chi connectivity index (χ4n) is 1.86. The number of carboxylic acid groups (broad SMARTS) is 1. The van der Waals surface area contributed by atoms with Crippen LogP contribution < -0.4 is 5.32 Å². The molecule has 0 aliphatic heterocycles. The maximum atomic E-state index is 10.8. The first-order valence-corrected chi connectivity index (χ1v) is 6.14. The lowest BCUT2D eigenvalue weighted by Gasteiger charge is -2.06. The van der Waals surface area contributed by atoms with Crippen LogP contribution in [0.3, 0.4) is 0 Å². The SMILES string of the molecule is Cc1cccc(CCNc2cc(C(=O)O)ccn2)c1. The van der Waals surface area contributed by atoms with Gasteiger partial charge >= 0.3 is 5.97 Å². The summed E-state index contributed by atoms with van der Waals surface area (Å²) in [5, 5.41) is 12.0. The van der Waals surface area contributed by atoms with Crippen molar-refractivity contribution in [2.75, 3.05) is 11.9 Å². The van der Waals surface area contributed by atoms with Crippen LogP contribution in [0.2, 0.25) is 0 Å². The molecule has 98 valence electrons. The van der Waals surface area contributed by atoms with Gasteiger partial charge in [0.15, 0.2) is 0 Å². The Labute approximate surface area is 112 Å². The molecule has 2 N–H and O–H groups in total. The monoisotopic (exact) mass is 256 g/mol. The van der Waals surface area contributed by atoms with Gasteiger partial charge in [0.25, 0.3) is 0 Å². The van der Waals surface area contributed by atoms with Crippen LogP contribution in [0.5, 0.6) is 0 Å². The number of benzene rings is 1. The van der Waals surface area contributed by atoms with Crippen LogP contribution in [0.1, 0.15) is 21.5 Å². The van der Waals surface area contributed by atoms with Crippen molar-refractivity contribution in [3.63, 3.8) is 0 Å². The zero-order chi connectivity index (χ0) is 13.7. The summed E-state index contributed by atoms with van der Waals surface area (Å²) in [4.78, 5) is 14.9. The van der Waals surface area contributed by atoms with Crippen molar-refractivity contribution in [1.29, 1.82) is 0 Å². The van der Waals surface area contributed by atoms with Gasteiger partial charge in [-0.3, -0.25) is 0 Å². The number of nitrogens with one attached hydrogen (secondary N) is 1. The molecular formula is C15H16N2O2. The Morgan fingerprint density at radius 1 is 1.32 bits per heavy atom. The van der Waals surface area contributed by atoms with E-state index < -0.39 is 5.97 Å². The zero-order valence-electron chi connectivity index (χ0n) is 10.8. The molecule has 0 radical (unpaired) electrons. The summed E-state index contributed by atoms with van der Waals surface area (Å²) in [6, 6.07) is 11.3. The molecule has 0 saturated carbocycles. The molecule has 0 aliphatic carbocycles. The molecule has 0 unspecified atom stereocenters. The normalized spacial score (nSPS) is 10.2. The van der Waals surface area contributed by atoms with E-state index in [9.17, 15) is 4.79 Å². The van der Waals surface area contributed by atoms with Gasteiger partial charge in [-0.2, -0.15) is 0 Å². The lowest BCUT2D eigenvalue weighted by Crippen LogP contribution is -2.07. The van der Waals surface area contributed by atoms with Crippen molar-refractivity contribution < 1.29 is 9.90 Å². The molecule has 4 heteroatoms. The predicted molar refractivity (Wildman–Crippen MR) is 74.6 cm³/mol. The smallest absolute Gasteiger partial charge is 0.335 e. The van der Waals surface area contributed by atoms with Gasteiger partial charge < -0.3 is 10.4 Å². The molecule has 1 aromatic carbocycles. The van der Waals surface area contributed by atoms with Crippen molar-refractivity contribution >= 4 is 11.8 Å². The van der Waals surface area contributed by atoms with Crippen molar-refractivity contribution in [1.82, 2.24) is 4.98 Å². The molecule has 2 aromatic rings. The number of hydrogen-bond acceptors (Lipinski definition) is 3. The van der Waals surface area contributed by atoms with Crippen LogP contribution in [0.15, 0.2) is 42.6 Å². The number of aromatic nitrogens is 1. The molecule has 0 atom stereocenters. The maximum Gasteiger partial charge on any atom is 0.335 e. The third kappa shape index (κ3) is 3.81. The third-order valence-electron chi connectivity index (χ3n) is 2.81. The second-order valence-electron chi connectivity index (χ2n) is 4.40. The molecule has 4 nitrogen and oxygen atoms in total. The minimum absolute atomic E-state index is 0.244. The Hall–Kier alpha value is -2.36. The van der Waals surface area contributed by atoms with E-state index in [2.05, 4.69) is 35.4 Å². The Morgan fingerprint density at radius 2 is 2.16 bits per heavy atom. The molecule has 2 rings (SSSR count). The lowest BCUT2D eigenvalue weighted by atomic mass is 10.1. The quantitative estimate of drug-likeness (QED) is 0.863. The molecule has 0 spiro atoms. The first kappa shape index (κ1) is 13.1. The number of carboxylic acids is 1. The highest BCUT2D eigenvalue weighted by molar-refractivity contribution is 5.88. The summed E-state index contributed by atoms with van der Waals surface area (Å²) in [5.74, 6) is -0.350. The molecule has 0 amide bonds. The third-order valence-corrected chi connectivity index (χ3v) is 2.81. The standard InChI is InChI=1S/C15H16N2O2/c1-11-3-2-4-12(9-11)5-7-16-14-10-13(15(18)19)6-8-17-14/h2-4,6,8-10H,5,7H2,1H3,(H,16,17)(H,18,19). The Morgan fingerprint density at radius 3 is 2.89 bits per heavy atom. The molecule has 0 bridgehead atoms. The molecule has 19 heavy (non-hydrogen) atoms. The van der Waals surface area contributed by atoms with Gasteiger partial charge in [0.05, 0.1) is 5.56 Å². The fraction of sp³-hybridized carbons (Fsp3) is 0.200. The van der Waals surface area contributed by atoms with E-state index in [-0.39, 0.29) is 5.56 Å². The minimum Gasteiger partial charge on any atom is -0.478 e. The number of carbonyl (C=O) groups is 1. The van der Waals surface area contributed by atoms with Crippen LogP contribution in [-0.2, 0) is 6.42 Å². The average Bonchev–Trinajstić information content (AvgIpc) is 2.39. The van der Waals surface area contributed by atoms with E-state index in [0.717, 1.165) is 13.0 Å². The van der Waals surface area contributed by atoms with Gasteiger partial charge in [0.1, 0.15) is 5.82 Å². The molecular weight excluding hydrogens is 240 g/mol.